The molecule has 2 aromatic rings. The van der Waals surface area contributed by atoms with Gasteiger partial charge in [0, 0.05) is 0 Å². The van der Waals surface area contributed by atoms with Gasteiger partial charge in [-0.05, 0) is 37.5 Å². The van der Waals surface area contributed by atoms with E-state index in [1.165, 1.54) is 11.6 Å². The van der Waals surface area contributed by atoms with E-state index in [-0.39, 0.29) is 17.3 Å². The first-order valence-electron chi connectivity index (χ1n) is 7.00. The van der Waals surface area contributed by atoms with Crippen LogP contribution in [0, 0.1) is 12.7 Å². The quantitative estimate of drug-likeness (QED) is 0.880. The first-order valence-corrected chi connectivity index (χ1v) is 7.00. The molecule has 108 valence electrons. The van der Waals surface area contributed by atoms with E-state index in [2.05, 4.69) is 10.6 Å². The summed E-state index contributed by atoms with van der Waals surface area (Å²) in [5.41, 5.74) is 2.17. The second kappa shape index (κ2) is 5.20. The van der Waals surface area contributed by atoms with Gasteiger partial charge in [-0.1, -0.05) is 42.0 Å². The van der Waals surface area contributed by atoms with Gasteiger partial charge in [0.15, 0.2) is 0 Å². The molecule has 4 heteroatoms. The molecule has 0 heterocycles. The van der Waals surface area contributed by atoms with Crippen molar-refractivity contribution >= 4 is 11.7 Å². The molecule has 0 radical (unpaired) electrons. The van der Waals surface area contributed by atoms with E-state index in [0.29, 0.717) is 0 Å². The fourth-order valence-electron chi connectivity index (χ4n) is 2.42. The predicted molar refractivity (Wildman–Crippen MR) is 80.6 cm³/mol. The molecule has 2 N–H and O–H groups in total. The molecule has 3 rings (SSSR count). The number of carbonyl (C=O) groups is 1. The van der Waals surface area contributed by atoms with E-state index < -0.39 is 5.82 Å². The van der Waals surface area contributed by atoms with Crippen molar-refractivity contribution in [2.75, 3.05) is 5.32 Å². The Morgan fingerprint density at radius 1 is 1.10 bits per heavy atom. The van der Waals surface area contributed by atoms with Crippen LogP contribution in [0.25, 0.3) is 0 Å². The zero-order valence-electron chi connectivity index (χ0n) is 11.8. The maximum atomic E-state index is 13.5. The van der Waals surface area contributed by atoms with Crippen molar-refractivity contribution < 1.29 is 9.18 Å². The van der Waals surface area contributed by atoms with Gasteiger partial charge in [0.2, 0.25) is 0 Å². The number of carbonyl (C=O) groups excluding carboxylic acids is 1. The number of nitrogens with one attached hydrogen (secondary N) is 2. The van der Waals surface area contributed by atoms with Crippen molar-refractivity contribution in [2.24, 2.45) is 0 Å². The largest absolute Gasteiger partial charge is 0.328 e. The Morgan fingerprint density at radius 2 is 1.76 bits per heavy atom. The number of rotatable bonds is 3. The van der Waals surface area contributed by atoms with Gasteiger partial charge >= 0.3 is 6.03 Å². The molecule has 0 spiro atoms. The zero-order valence-corrected chi connectivity index (χ0v) is 11.8. The molecule has 0 atom stereocenters. The smallest absolute Gasteiger partial charge is 0.320 e. The van der Waals surface area contributed by atoms with Crippen LogP contribution in [-0.4, -0.2) is 6.03 Å². The summed E-state index contributed by atoms with van der Waals surface area (Å²) in [6.45, 7) is 2.03. The number of halogens is 1. The van der Waals surface area contributed by atoms with Crippen molar-refractivity contribution in [2.45, 2.75) is 25.3 Å². The Labute approximate surface area is 123 Å². The highest BCUT2D eigenvalue weighted by atomic mass is 19.1. The maximum absolute atomic E-state index is 13.5. The second-order valence-corrected chi connectivity index (χ2v) is 5.51. The maximum Gasteiger partial charge on any atom is 0.320 e. The minimum Gasteiger partial charge on any atom is -0.328 e. The van der Waals surface area contributed by atoms with Crippen LogP contribution >= 0.6 is 0 Å². The van der Waals surface area contributed by atoms with Crippen LogP contribution in [0.1, 0.15) is 24.0 Å². The minimum absolute atomic E-state index is 0.190. The lowest BCUT2D eigenvalue weighted by atomic mass is 10.0. The summed E-state index contributed by atoms with van der Waals surface area (Å²) in [7, 11) is 0. The fraction of sp³-hybridized carbons (Fsp3) is 0.235. The van der Waals surface area contributed by atoms with Crippen LogP contribution in [0.4, 0.5) is 14.9 Å². The second-order valence-electron chi connectivity index (χ2n) is 5.51. The molecule has 21 heavy (non-hydrogen) atoms. The van der Waals surface area contributed by atoms with Crippen LogP contribution in [0.5, 0.6) is 0 Å². The van der Waals surface area contributed by atoms with E-state index in [1.807, 2.05) is 31.2 Å². The highest BCUT2D eigenvalue weighted by Gasteiger charge is 2.45. The monoisotopic (exact) mass is 284 g/mol. The fourth-order valence-corrected chi connectivity index (χ4v) is 2.42. The average Bonchev–Trinajstić information content (AvgIpc) is 3.23. The Hall–Kier alpha value is -2.36. The van der Waals surface area contributed by atoms with Gasteiger partial charge in [0.05, 0.1) is 11.2 Å². The van der Waals surface area contributed by atoms with Gasteiger partial charge in [0.25, 0.3) is 0 Å². The third kappa shape index (κ3) is 2.89. The molecular weight excluding hydrogens is 267 g/mol. The highest BCUT2D eigenvalue weighted by Crippen LogP contribution is 2.45. The predicted octanol–water partition coefficient (Wildman–Crippen LogP) is 3.94. The van der Waals surface area contributed by atoms with Crippen LogP contribution in [-0.2, 0) is 5.54 Å². The van der Waals surface area contributed by atoms with Crippen molar-refractivity contribution in [1.82, 2.24) is 5.32 Å². The third-order valence-electron chi connectivity index (χ3n) is 3.83. The molecule has 0 unspecified atom stereocenters. The van der Waals surface area contributed by atoms with E-state index in [9.17, 15) is 9.18 Å². The van der Waals surface area contributed by atoms with Crippen molar-refractivity contribution in [3.63, 3.8) is 0 Å². The number of benzene rings is 2. The Morgan fingerprint density at radius 3 is 2.38 bits per heavy atom. The lowest BCUT2D eigenvalue weighted by Crippen LogP contribution is -2.38. The number of para-hydroxylation sites is 1. The molecule has 0 aliphatic heterocycles. The molecule has 1 fully saturated rings. The number of aryl methyl sites for hydroxylation is 1. The molecule has 1 saturated carbocycles. The average molecular weight is 284 g/mol. The van der Waals surface area contributed by atoms with Crippen LogP contribution < -0.4 is 10.6 Å². The van der Waals surface area contributed by atoms with Crippen molar-refractivity contribution in [3.05, 3.63) is 65.5 Å². The standard InChI is InChI=1S/C17H17FN2O/c1-12-6-8-13(9-7-12)17(10-11-17)20-16(21)19-15-5-3-2-4-14(15)18/h2-9H,10-11H2,1H3,(H2,19,20,21). The Balaban J connectivity index is 1.70. The number of anilines is 1. The van der Waals surface area contributed by atoms with Crippen LogP contribution in [0.2, 0.25) is 0 Å². The summed E-state index contributed by atoms with van der Waals surface area (Å²) >= 11 is 0. The van der Waals surface area contributed by atoms with Gasteiger partial charge in [-0.2, -0.15) is 0 Å². The van der Waals surface area contributed by atoms with E-state index in [4.69, 9.17) is 0 Å². The van der Waals surface area contributed by atoms with Crippen LogP contribution in [0.15, 0.2) is 48.5 Å². The van der Waals surface area contributed by atoms with Crippen LogP contribution in [0.3, 0.4) is 0 Å². The van der Waals surface area contributed by atoms with Gasteiger partial charge in [-0.15, -0.1) is 0 Å². The third-order valence-corrected chi connectivity index (χ3v) is 3.83. The molecule has 0 saturated heterocycles. The summed E-state index contributed by atoms with van der Waals surface area (Å²) in [6.07, 6.45) is 1.81. The number of amides is 2. The topological polar surface area (TPSA) is 41.1 Å². The molecule has 2 amide bonds. The first-order chi connectivity index (χ1) is 10.1. The SMILES string of the molecule is Cc1ccc(C2(NC(=O)Nc3ccccc3F)CC2)cc1. The zero-order chi connectivity index (χ0) is 14.9. The lowest BCUT2D eigenvalue weighted by molar-refractivity contribution is 0.247. The van der Waals surface area contributed by atoms with Gasteiger partial charge < -0.3 is 10.6 Å². The minimum atomic E-state index is -0.437. The highest BCUT2D eigenvalue weighted by molar-refractivity contribution is 5.90. The number of hydrogen-bond donors (Lipinski definition) is 2. The lowest BCUT2D eigenvalue weighted by Gasteiger charge is -2.19. The summed E-state index contributed by atoms with van der Waals surface area (Å²) in [4.78, 5) is 12.1. The Kier molecular flexibility index (Phi) is 3.37. The molecule has 1 aliphatic carbocycles. The summed E-state index contributed by atoms with van der Waals surface area (Å²) in [5, 5.41) is 5.52. The molecule has 0 aromatic heterocycles. The van der Waals surface area contributed by atoms with Gasteiger partial charge in [-0.25, -0.2) is 9.18 Å². The molecule has 2 aromatic carbocycles. The van der Waals surface area contributed by atoms with Gasteiger partial charge in [0.1, 0.15) is 5.82 Å². The molecule has 3 nitrogen and oxygen atoms in total. The summed E-state index contributed by atoms with van der Waals surface area (Å²) in [6, 6.07) is 13.9. The van der Waals surface area contributed by atoms with E-state index >= 15 is 0 Å². The molecule has 1 aliphatic rings. The summed E-state index contributed by atoms with van der Waals surface area (Å²) in [5.74, 6) is -0.437. The first kappa shape index (κ1) is 13.6. The number of urea groups is 1. The normalized spacial score (nSPS) is 15.3. The molecular formula is C17H17FN2O. The summed E-state index contributed by atoms with van der Waals surface area (Å²) < 4.78 is 13.5. The van der Waals surface area contributed by atoms with Gasteiger partial charge in [-0.3, -0.25) is 0 Å². The van der Waals surface area contributed by atoms with E-state index in [0.717, 1.165) is 18.4 Å². The Bertz CT molecular complexity index is 663. The van der Waals surface area contributed by atoms with Crippen molar-refractivity contribution in [1.29, 1.82) is 0 Å². The number of hydrogen-bond acceptors (Lipinski definition) is 1. The van der Waals surface area contributed by atoms with Crippen molar-refractivity contribution in [3.8, 4) is 0 Å². The molecule has 0 bridgehead atoms. The van der Waals surface area contributed by atoms with E-state index in [1.54, 1.807) is 18.2 Å².